The molecule has 0 bridgehead atoms. The number of nitrogens with zero attached hydrogens (tertiary/aromatic N) is 2. The van der Waals surface area contributed by atoms with Crippen LogP contribution < -0.4 is 14.8 Å². The Morgan fingerprint density at radius 2 is 2.09 bits per heavy atom. The Balaban J connectivity index is 1.86. The highest BCUT2D eigenvalue weighted by molar-refractivity contribution is 5.40. The summed E-state index contributed by atoms with van der Waals surface area (Å²) >= 11 is 0. The van der Waals surface area contributed by atoms with Crippen molar-refractivity contribution in [3.8, 4) is 11.5 Å². The van der Waals surface area contributed by atoms with Gasteiger partial charge in [0, 0.05) is 31.0 Å². The topological polar surface area (TPSA) is 48.3 Å². The zero-order chi connectivity index (χ0) is 15.9. The minimum Gasteiger partial charge on any atom is -0.497 e. The van der Waals surface area contributed by atoms with Crippen molar-refractivity contribution in [3.05, 3.63) is 42.0 Å². The molecule has 0 saturated heterocycles. The molecule has 0 fully saturated rings. The number of hydrogen-bond donors (Lipinski definition) is 1. The summed E-state index contributed by atoms with van der Waals surface area (Å²) in [6.45, 7) is 6.91. The van der Waals surface area contributed by atoms with E-state index in [1.807, 2.05) is 37.5 Å². The van der Waals surface area contributed by atoms with Crippen molar-refractivity contribution in [2.75, 3.05) is 20.8 Å². The van der Waals surface area contributed by atoms with Gasteiger partial charge in [-0.3, -0.25) is 0 Å². The highest BCUT2D eigenvalue weighted by atomic mass is 16.5. The van der Waals surface area contributed by atoms with Crippen LogP contribution in [0.5, 0.6) is 11.5 Å². The van der Waals surface area contributed by atoms with Crippen LogP contribution in [0.1, 0.15) is 18.3 Å². The minimum atomic E-state index is 0.518. The maximum atomic E-state index is 5.40. The lowest BCUT2D eigenvalue weighted by atomic mass is 10.1. The van der Waals surface area contributed by atoms with Gasteiger partial charge in [0.25, 0.3) is 0 Å². The Bertz CT molecular complexity index is 595. The van der Waals surface area contributed by atoms with Crippen LogP contribution in [0.2, 0.25) is 0 Å². The van der Waals surface area contributed by atoms with Gasteiger partial charge in [-0.2, -0.15) is 0 Å². The van der Waals surface area contributed by atoms with Crippen LogP contribution in [0.4, 0.5) is 0 Å². The summed E-state index contributed by atoms with van der Waals surface area (Å²) < 4.78 is 12.8. The van der Waals surface area contributed by atoms with Crippen molar-refractivity contribution in [3.63, 3.8) is 0 Å². The second kappa shape index (κ2) is 7.84. The van der Waals surface area contributed by atoms with Crippen LogP contribution in [-0.4, -0.2) is 30.3 Å². The van der Waals surface area contributed by atoms with Gasteiger partial charge in [-0.05, 0) is 37.6 Å². The normalized spacial score (nSPS) is 12.2. The molecule has 0 radical (unpaired) electrons. The molecule has 22 heavy (non-hydrogen) atoms. The molecule has 5 nitrogen and oxygen atoms in total. The molecular weight excluding hydrogens is 278 g/mol. The number of hydrogen-bond acceptors (Lipinski definition) is 4. The average molecular weight is 303 g/mol. The zero-order valence-electron chi connectivity index (χ0n) is 13.8. The molecule has 0 amide bonds. The van der Waals surface area contributed by atoms with Crippen molar-refractivity contribution in [1.29, 1.82) is 0 Å². The van der Waals surface area contributed by atoms with Gasteiger partial charge < -0.3 is 19.4 Å². The minimum absolute atomic E-state index is 0.518. The highest BCUT2D eigenvalue weighted by Gasteiger charge is 2.08. The summed E-state index contributed by atoms with van der Waals surface area (Å²) in [5, 5.41) is 3.49. The molecule has 5 heteroatoms. The first-order valence-electron chi connectivity index (χ1n) is 7.53. The molecule has 1 unspecified atom stereocenters. The fourth-order valence-electron chi connectivity index (χ4n) is 2.47. The number of benzene rings is 1. The summed E-state index contributed by atoms with van der Waals surface area (Å²) in [5.74, 6) is 3.30. The van der Waals surface area contributed by atoms with E-state index in [1.54, 1.807) is 14.2 Å². The van der Waals surface area contributed by atoms with Gasteiger partial charge >= 0.3 is 0 Å². The molecule has 120 valence electrons. The van der Waals surface area contributed by atoms with Gasteiger partial charge in [0.05, 0.1) is 14.2 Å². The van der Waals surface area contributed by atoms with Crippen LogP contribution in [0.3, 0.4) is 0 Å². The predicted octanol–water partition coefficient (Wildman–Crippen LogP) is 2.63. The van der Waals surface area contributed by atoms with E-state index in [2.05, 4.69) is 21.8 Å². The second-order valence-electron chi connectivity index (χ2n) is 5.54. The SMILES string of the molecule is COc1ccc(OC)c(CNCC(C)Cn2ccnc2C)c1. The van der Waals surface area contributed by atoms with Crippen molar-refractivity contribution < 1.29 is 9.47 Å². The summed E-state index contributed by atoms with van der Waals surface area (Å²) in [4.78, 5) is 4.25. The van der Waals surface area contributed by atoms with Crippen molar-refractivity contribution in [2.45, 2.75) is 26.9 Å². The van der Waals surface area contributed by atoms with Crippen LogP contribution in [0.25, 0.3) is 0 Å². The standard InChI is InChI=1S/C17H25N3O2/c1-13(12-20-8-7-19-14(20)2)10-18-11-15-9-16(21-3)5-6-17(15)22-4/h5-9,13,18H,10-12H2,1-4H3. The van der Waals surface area contributed by atoms with Crippen LogP contribution >= 0.6 is 0 Å². The molecule has 2 aromatic rings. The van der Waals surface area contributed by atoms with Crippen molar-refractivity contribution in [1.82, 2.24) is 14.9 Å². The largest absolute Gasteiger partial charge is 0.497 e. The van der Waals surface area contributed by atoms with Crippen molar-refractivity contribution in [2.24, 2.45) is 5.92 Å². The van der Waals surface area contributed by atoms with Crippen LogP contribution in [0, 0.1) is 12.8 Å². The predicted molar refractivity (Wildman–Crippen MR) is 87.4 cm³/mol. The Hall–Kier alpha value is -2.01. The van der Waals surface area contributed by atoms with Crippen LogP contribution in [0.15, 0.2) is 30.6 Å². The lowest BCUT2D eigenvalue weighted by Gasteiger charge is -2.16. The molecule has 0 aliphatic carbocycles. The maximum absolute atomic E-state index is 5.40. The Morgan fingerprint density at radius 1 is 1.27 bits per heavy atom. The smallest absolute Gasteiger partial charge is 0.123 e. The number of aryl methyl sites for hydroxylation is 1. The fraction of sp³-hybridized carbons (Fsp3) is 0.471. The Morgan fingerprint density at radius 3 is 2.73 bits per heavy atom. The second-order valence-corrected chi connectivity index (χ2v) is 5.54. The monoisotopic (exact) mass is 303 g/mol. The number of aromatic nitrogens is 2. The molecule has 2 rings (SSSR count). The third-order valence-corrected chi connectivity index (χ3v) is 3.73. The number of rotatable bonds is 8. The lowest BCUT2D eigenvalue weighted by Crippen LogP contribution is -2.24. The molecule has 0 aliphatic heterocycles. The summed E-state index contributed by atoms with van der Waals surface area (Å²) in [7, 11) is 3.37. The molecule has 1 heterocycles. The molecule has 0 aliphatic rings. The van der Waals surface area contributed by atoms with Gasteiger partial charge in [0.1, 0.15) is 17.3 Å². The quantitative estimate of drug-likeness (QED) is 0.814. The summed E-state index contributed by atoms with van der Waals surface area (Å²) in [5.41, 5.74) is 1.10. The number of methoxy groups -OCH3 is 2. The number of imidazole rings is 1. The first-order valence-corrected chi connectivity index (χ1v) is 7.53. The number of nitrogens with one attached hydrogen (secondary N) is 1. The van der Waals surface area contributed by atoms with Gasteiger partial charge in [-0.15, -0.1) is 0 Å². The Kier molecular flexibility index (Phi) is 5.83. The molecule has 1 atom stereocenters. The van der Waals surface area contributed by atoms with E-state index in [0.29, 0.717) is 5.92 Å². The summed E-state index contributed by atoms with van der Waals surface area (Å²) in [6, 6.07) is 5.86. The third kappa shape index (κ3) is 4.24. The molecule has 0 spiro atoms. The van der Waals surface area contributed by atoms with E-state index < -0.39 is 0 Å². The van der Waals surface area contributed by atoms with Gasteiger partial charge in [0.15, 0.2) is 0 Å². The molecule has 0 saturated carbocycles. The molecule has 1 aromatic carbocycles. The first kappa shape index (κ1) is 16.4. The zero-order valence-corrected chi connectivity index (χ0v) is 13.8. The van der Waals surface area contributed by atoms with Gasteiger partial charge in [-0.1, -0.05) is 6.92 Å². The van der Waals surface area contributed by atoms with E-state index in [1.165, 1.54) is 0 Å². The molecular formula is C17H25N3O2. The average Bonchev–Trinajstić information content (AvgIpc) is 2.92. The highest BCUT2D eigenvalue weighted by Crippen LogP contribution is 2.23. The molecule has 1 aromatic heterocycles. The number of ether oxygens (including phenoxy) is 2. The third-order valence-electron chi connectivity index (χ3n) is 3.73. The Labute approximate surface area is 132 Å². The van der Waals surface area contributed by atoms with E-state index in [0.717, 1.165) is 42.5 Å². The van der Waals surface area contributed by atoms with Crippen LogP contribution in [-0.2, 0) is 13.1 Å². The fourth-order valence-corrected chi connectivity index (χ4v) is 2.47. The van der Waals surface area contributed by atoms with E-state index in [4.69, 9.17) is 9.47 Å². The van der Waals surface area contributed by atoms with E-state index in [9.17, 15) is 0 Å². The van der Waals surface area contributed by atoms with Gasteiger partial charge in [-0.25, -0.2) is 4.98 Å². The lowest BCUT2D eigenvalue weighted by molar-refractivity contribution is 0.393. The maximum Gasteiger partial charge on any atom is 0.123 e. The summed E-state index contributed by atoms with van der Waals surface area (Å²) in [6.07, 6.45) is 3.87. The van der Waals surface area contributed by atoms with Gasteiger partial charge in [0.2, 0.25) is 0 Å². The molecule has 1 N–H and O–H groups in total. The van der Waals surface area contributed by atoms with E-state index in [-0.39, 0.29) is 0 Å². The van der Waals surface area contributed by atoms with E-state index >= 15 is 0 Å². The first-order chi connectivity index (χ1) is 10.6. The van der Waals surface area contributed by atoms with Crippen molar-refractivity contribution >= 4 is 0 Å².